The zero-order valence-corrected chi connectivity index (χ0v) is 18.9. The molecule has 1 unspecified atom stereocenters. The fourth-order valence-corrected chi connectivity index (χ4v) is 12.1. The first-order chi connectivity index (χ1) is 13.1. The number of hydrogen-bond donors (Lipinski definition) is 0. The highest BCUT2D eigenvalue weighted by atomic mass is 79.9. The van der Waals surface area contributed by atoms with Crippen molar-refractivity contribution in [1.29, 1.82) is 0 Å². The van der Waals surface area contributed by atoms with E-state index in [2.05, 4.69) is 128 Å². The van der Waals surface area contributed by atoms with E-state index in [1.807, 2.05) is 0 Å². The highest BCUT2D eigenvalue weighted by molar-refractivity contribution is 9.11. The monoisotopic (exact) mass is 439 g/mol. The van der Waals surface area contributed by atoms with E-state index in [9.17, 15) is 0 Å². The molecule has 2 atom stereocenters. The van der Waals surface area contributed by atoms with Crippen molar-refractivity contribution >= 4 is 39.1 Å². The largest absolute Gasteiger partial charge is 0.140 e. The quantitative estimate of drug-likeness (QED) is 0.295. The molecule has 0 aliphatic heterocycles. The van der Waals surface area contributed by atoms with Crippen LogP contribution in [0, 0.1) is 11.8 Å². The molecule has 0 saturated heterocycles. The van der Waals surface area contributed by atoms with Crippen LogP contribution < -0.4 is 15.9 Å². The number of hydrogen-bond acceptors (Lipinski definition) is 0. The third-order valence-electron chi connectivity index (χ3n) is 5.54. The number of benzene rings is 3. The van der Waals surface area contributed by atoms with Gasteiger partial charge in [0, 0.05) is 5.92 Å². The van der Waals surface area contributed by atoms with Crippen LogP contribution in [0.3, 0.4) is 0 Å². The van der Waals surface area contributed by atoms with E-state index >= 15 is 0 Å². The van der Waals surface area contributed by atoms with Crippen molar-refractivity contribution in [3.05, 3.63) is 91.0 Å². The fourth-order valence-electron chi connectivity index (χ4n) is 4.13. The highest BCUT2D eigenvalue weighted by Crippen LogP contribution is 2.65. The molecule has 0 radical (unpaired) electrons. The van der Waals surface area contributed by atoms with Gasteiger partial charge in [0.25, 0.3) is 0 Å². The Bertz CT molecular complexity index is 718. The molecule has 27 heavy (non-hydrogen) atoms. The third kappa shape index (κ3) is 3.91. The standard InChI is InChI=1S/C25H29BrP/c1-4-24(20(2)3)25(26)27(21-14-8-5-9-15-21,22-16-10-6-11-17-22)23-18-12-7-13-19-23/h5-20,24-25H,4H2,1-3H3/q+1/t24-,25?/m0/s1. The summed E-state index contributed by atoms with van der Waals surface area (Å²) in [5.41, 5.74) is 0. The molecule has 0 N–H and O–H groups in total. The van der Waals surface area contributed by atoms with Crippen molar-refractivity contribution in [1.82, 2.24) is 0 Å². The van der Waals surface area contributed by atoms with Crippen LogP contribution in [0.2, 0.25) is 0 Å². The van der Waals surface area contributed by atoms with Crippen LogP contribution in [0.4, 0.5) is 0 Å². The van der Waals surface area contributed by atoms with Crippen LogP contribution in [0.1, 0.15) is 27.2 Å². The maximum absolute atomic E-state index is 4.29. The smallest absolute Gasteiger partial charge is 0.0649 e. The summed E-state index contributed by atoms with van der Waals surface area (Å²) in [5.74, 6) is 1.22. The Hall–Kier alpha value is -1.43. The van der Waals surface area contributed by atoms with Crippen LogP contribution in [0.25, 0.3) is 0 Å². The number of alkyl halides is 1. The Morgan fingerprint density at radius 3 is 1.26 bits per heavy atom. The van der Waals surface area contributed by atoms with E-state index in [1.54, 1.807) is 0 Å². The van der Waals surface area contributed by atoms with E-state index < -0.39 is 7.26 Å². The van der Waals surface area contributed by atoms with Gasteiger partial charge in [-0.05, 0) is 64.7 Å². The molecule has 3 aromatic rings. The summed E-state index contributed by atoms with van der Waals surface area (Å²) in [6.45, 7) is 7.05. The molecule has 0 aromatic heterocycles. The zero-order valence-electron chi connectivity index (χ0n) is 16.4. The van der Waals surface area contributed by atoms with Crippen LogP contribution in [0.5, 0.6) is 0 Å². The highest BCUT2D eigenvalue weighted by Gasteiger charge is 2.54. The van der Waals surface area contributed by atoms with Crippen molar-refractivity contribution in [3.63, 3.8) is 0 Å². The molecule has 0 amide bonds. The van der Waals surface area contributed by atoms with Gasteiger partial charge < -0.3 is 0 Å². The molecule has 2 heteroatoms. The lowest BCUT2D eigenvalue weighted by molar-refractivity contribution is 0.402. The Labute approximate surface area is 173 Å². The van der Waals surface area contributed by atoms with Gasteiger partial charge >= 0.3 is 0 Å². The Kier molecular flexibility index (Phi) is 6.90. The molecule has 0 fully saturated rings. The van der Waals surface area contributed by atoms with Crippen LogP contribution in [-0.2, 0) is 0 Å². The van der Waals surface area contributed by atoms with E-state index in [4.69, 9.17) is 0 Å². The van der Waals surface area contributed by atoms with Crippen molar-refractivity contribution in [2.75, 3.05) is 0 Å². The molecule has 3 aromatic carbocycles. The molecular weight excluding hydrogens is 411 g/mol. The molecule has 0 aliphatic carbocycles. The van der Waals surface area contributed by atoms with Crippen molar-refractivity contribution < 1.29 is 0 Å². The van der Waals surface area contributed by atoms with Crippen molar-refractivity contribution in [3.8, 4) is 0 Å². The topological polar surface area (TPSA) is 0 Å². The first-order valence-corrected chi connectivity index (χ1v) is 12.6. The molecule has 0 saturated carbocycles. The van der Waals surface area contributed by atoms with Gasteiger partial charge in [-0.15, -0.1) is 0 Å². The fraction of sp³-hybridized carbons (Fsp3) is 0.280. The molecule has 0 nitrogen and oxygen atoms in total. The summed E-state index contributed by atoms with van der Waals surface area (Å²) in [6, 6.07) is 33.5. The molecule has 3 rings (SSSR count). The minimum Gasteiger partial charge on any atom is -0.0649 e. The molecule has 0 aliphatic rings. The lowest BCUT2D eigenvalue weighted by Gasteiger charge is -2.37. The first kappa shape index (κ1) is 20.3. The van der Waals surface area contributed by atoms with E-state index in [1.165, 1.54) is 22.3 Å². The normalized spacial score (nSPS) is 14.1. The van der Waals surface area contributed by atoms with Crippen LogP contribution >= 0.6 is 23.2 Å². The lowest BCUT2D eigenvalue weighted by atomic mass is 9.95. The number of rotatable bonds is 7. The second-order valence-corrected chi connectivity index (χ2v) is 12.7. The first-order valence-electron chi connectivity index (χ1n) is 9.82. The summed E-state index contributed by atoms with van der Waals surface area (Å²) in [5, 5.41) is 4.34. The average Bonchev–Trinajstić information content (AvgIpc) is 2.71. The summed E-state index contributed by atoms with van der Waals surface area (Å²) in [7, 11) is -1.85. The third-order valence-corrected chi connectivity index (χ3v) is 12.5. The van der Waals surface area contributed by atoms with Gasteiger partial charge in [-0.3, -0.25) is 0 Å². The molecular formula is C25H29BrP+. The molecule has 0 heterocycles. The van der Waals surface area contributed by atoms with Gasteiger partial charge in [0.05, 0.1) is 0 Å². The summed E-state index contributed by atoms with van der Waals surface area (Å²) in [4.78, 5) is 0. The molecule has 140 valence electrons. The van der Waals surface area contributed by atoms with Crippen LogP contribution in [0.15, 0.2) is 91.0 Å². The summed E-state index contributed by atoms with van der Waals surface area (Å²) >= 11 is 4.29. The van der Waals surface area contributed by atoms with E-state index in [0.717, 1.165) is 0 Å². The van der Waals surface area contributed by atoms with Crippen molar-refractivity contribution in [2.24, 2.45) is 11.8 Å². The lowest BCUT2D eigenvalue weighted by Crippen LogP contribution is -2.40. The molecule has 0 spiro atoms. The minimum absolute atomic E-state index is 0.391. The van der Waals surface area contributed by atoms with Crippen molar-refractivity contribution in [2.45, 2.75) is 31.8 Å². The van der Waals surface area contributed by atoms with E-state index in [-0.39, 0.29) is 0 Å². The predicted octanol–water partition coefficient (Wildman–Crippen LogP) is 6.38. The molecule has 0 bridgehead atoms. The van der Waals surface area contributed by atoms with Gasteiger partial charge in [-0.25, -0.2) is 0 Å². The number of halogens is 1. The van der Waals surface area contributed by atoms with Gasteiger partial charge in [-0.2, -0.15) is 0 Å². The maximum atomic E-state index is 4.29. The zero-order chi connectivity index (χ0) is 19.3. The Morgan fingerprint density at radius 1 is 0.667 bits per heavy atom. The Morgan fingerprint density at radius 2 is 1.00 bits per heavy atom. The van der Waals surface area contributed by atoms with Gasteiger partial charge in [0.2, 0.25) is 0 Å². The van der Waals surface area contributed by atoms with Crippen LogP contribution in [-0.4, -0.2) is 4.57 Å². The summed E-state index contributed by atoms with van der Waals surface area (Å²) in [6.07, 6.45) is 1.17. The SMILES string of the molecule is CC[C@@H](C(C)C)C(Br)[P+](c1ccccc1)(c1ccccc1)c1ccccc1. The predicted molar refractivity (Wildman–Crippen MR) is 126 cm³/mol. The van der Waals surface area contributed by atoms with Gasteiger partial charge in [0.15, 0.2) is 0 Å². The van der Waals surface area contributed by atoms with Gasteiger partial charge in [0.1, 0.15) is 27.7 Å². The maximum Gasteiger partial charge on any atom is 0.140 e. The second-order valence-electron chi connectivity index (χ2n) is 7.42. The Balaban J connectivity index is 2.36. The van der Waals surface area contributed by atoms with E-state index in [0.29, 0.717) is 16.4 Å². The minimum atomic E-state index is -1.85. The average molecular weight is 440 g/mol. The summed E-state index contributed by atoms with van der Waals surface area (Å²) < 4.78 is 0.391. The van der Waals surface area contributed by atoms with Gasteiger partial charge in [-0.1, -0.05) is 75.4 Å². The second kappa shape index (κ2) is 9.18.